The Balaban J connectivity index is 1.06. The third kappa shape index (κ3) is 6.69. The molecule has 2 heterocycles. The largest absolute Gasteiger partial charge is 0.496 e. The first-order chi connectivity index (χ1) is 25.8. The Morgan fingerprint density at radius 1 is 0.811 bits per heavy atom. The van der Waals surface area contributed by atoms with Crippen molar-refractivity contribution in [3.63, 3.8) is 0 Å². The van der Waals surface area contributed by atoms with Gasteiger partial charge >= 0.3 is 5.97 Å². The summed E-state index contributed by atoms with van der Waals surface area (Å²) in [5, 5.41) is 8.00. The number of fused-ring (bicyclic) bond motifs is 2. The van der Waals surface area contributed by atoms with Gasteiger partial charge in [0.25, 0.3) is 0 Å². The van der Waals surface area contributed by atoms with Crippen LogP contribution < -0.4 is 20.1 Å². The van der Waals surface area contributed by atoms with Crippen LogP contribution in [-0.2, 0) is 27.2 Å². The summed E-state index contributed by atoms with van der Waals surface area (Å²) < 4.78 is 17.2. The molecule has 276 valence electrons. The van der Waals surface area contributed by atoms with Gasteiger partial charge in [-0.25, -0.2) is 0 Å². The van der Waals surface area contributed by atoms with Gasteiger partial charge in [0.05, 0.1) is 36.8 Å². The molecule has 2 fully saturated rings. The highest BCUT2D eigenvalue weighted by atomic mass is 35.5. The molecule has 0 bridgehead atoms. The zero-order chi connectivity index (χ0) is 36.8. The van der Waals surface area contributed by atoms with Crippen molar-refractivity contribution in [2.24, 2.45) is 5.92 Å². The van der Waals surface area contributed by atoms with Gasteiger partial charge in [-0.2, -0.15) is 0 Å². The fraction of sp³-hybridized carbons (Fsp3) is 0.395. The van der Waals surface area contributed by atoms with Gasteiger partial charge < -0.3 is 24.8 Å². The van der Waals surface area contributed by atoms with Crippen LogP contribution in [0.1, 0.15) is 66.9 Å². The average Bonchev–Trinajstić information content (AvgIpc) is 3.88. The molecule has 2 saturated heterocycles. The highest BCUT2D eigenvalue weighted by molar-refractivity contribution is 6.39. The molecule has 0 saturated carbocycles. The number of benzene rings is 4. The van der Waals surface area contributed by atoms with Gasteiger partial charge in [0, 0.05) is 77.6 Å². The van der Waals surface area contributed by atoms with Crippen molar-refractivity contribution in [2.75, 3.05) is 40.5 Å². The van der Waals surface area contributed by atoms with Gasteiger partial charge in [0.2, 0.25) is 5.91 Å². The summed E-state index contributed by atoms with van der Waals surface area (Å²) in [5.41, 5.74) is 10.4. The van der Waals surface area contributed by atoms with E-state index < -0.39 is 0 Å². The first kappa shape index (κ1) is 35.9. The lowest BCUT2D eigenvalue weighted by molar-refractivity contribution is -0.155. The van der Waals surface area contributed by atoms with Crippen LogP contribution in [0.4, 0.5) is 0 Å². The summed E-state index contributed by atoms with van der Waals surface area (Å²) in [6.07, 6.45) is 5.26. The molecule has 0 aromatic heterocycles. The number of nitrogens with zero attached hydrogens (tertiary/aromatic N) is 1. The molecule has 53 heavy (non-hydrogen) atoms. The molecule has 4 aromatic carbocycles. The van der Waals surface area contributed by atoms with Crippen molar-refractivity contribution in [3.8, 4) is 44.9 Å². The zero-order valence-electron chi connectivity index (χ0n) is 30.4. The normalized spacial score (nSPS) is 20.8. The molecule has 3 atom stereocenters. The number of likely N-dealkylation sites (tertiary alicyclic amines) is 1. The summed E-state index contributed by atoms with van der Waals surface area (Å²) in [7, 11) is 3.44. The number of aryl methyl sites for hydroxylation is 2. The van der Waals surface area contributed by atoms with Crippen molar-refractivity contribution in [1.29, 1.82) is 0 Å². The number of hydrogen-bond acceptors (Lipinski definition) is 7. The average molecular weight is 755 g/mol. The minimum atomic E-state index is -0.105. The van der Waals surface area contributed by atoms with Gasteiger partial charge in [-0.15, -0.1) is 0 Å². The molecule has 2 N–H and O–H groups in total. The summed E-state index contributed by atoms with van der Waals surface area (Å²) in [6, 6.07) is 21.4. The molecule has 0 radical (unpaired) electrons. The van der Waals surface area contributed by atoms with Crippen molar-refractivity contribution in [3.05, 3.63) is 93.0 Å². The van der Waals surface area contributed by atoms with Gasteiger partial charge in [0.15, 0.2) is 0 Å². The molecule has 8 nitrogen and oxygen atoms in total. The predicted molar refractivity (Wildman–Crippen MR) is 209 cm³/mol. The fourth-order valence-electron chi connectivity index (χ4n) is 8.87. The Labute approximate surface area is 321 Å². The third-order valence-corrected chi connectivity index (χ3v) is 12.4. The van der Waals surface area contributed by atoms with Crippen LogP contribution in [-0.4, -0.2) is 63.3 Å². The van der Waals surface area contributed by atoms with Gasteiger partial charge in [0.1, 0.15) is 11.5 Å². The van der Waals surface area contributed by atoms with Crippen LogP contribution in [0.5, 0.6) is 11.5 Å². The number of esters is 1. The minimum absolute atomic E-state index is 0.0608. The van der Waals surface area contributed by atoms with Crippen LogP contribution in [0, 0.1) is 5.92 Å². The molecule has 2 aliphatic heterocycles. The minimum Gasteiger partial charge on any atom is -0.496 e. The van der Waals surface area contributed by atoms with Crippen LogP contribution >= 0.6 is 23.2 Å². The Bertz CT molecular complexity index is 2080. The Hall–Kier alpha value is -4.08. The smallest absolute Gasteiger partial charge is 0.311 e. The van der Waals surface area contributed by atoms with Crippen LogP contribution in [0.3, 0.4) is 0 Å². The van der Waals surface area contributed by atoms with Crippen LogP contribution in [0.15, 0.2) is 60.7 Å². The second-order valence-electron chi connectivity index (χ2n) is 14.6. The molecule has 10 heteroatoms. The summed E-state index contributed by atoms with van der Waals surface area (Å²) in [4.78, 5) is 26.3. The fourth-order valence-corrected chi connectivity index (χ4v) is 9.55. The van der Waals surface area contributed by atoms with E-state index in [2.05, 4.69) is 39.8 Å². The van der Waals surface area contributed by atoms with Crippen molar-refractivity contribution >= 4 is 35.1 Å². The molecule has 8 rings (SSSR count). The number of ether oxygens (including phenoxy) is 3. The van der Waals surface area contributed by atoms with E-state index in [1.54, 1.807) is 14.2 Å². The number of methoxy groups -OCH3 is 2. The van der Waals surface area contributed by atoms with E-state index in [0.29, 0.717) is 36.2 Å². The molecule has 2 aliphatic carbocycles. The number of amides is 1. The monoisotopic (exact) mass is 753 g/mol. The van der Waals surface area contributed by atoms with E-state index in [1.807, 2.05) is 43.3 Å². The Kier molecular flexibility index (Phi) is 10.2. The highest BCUT2D eigenvalue weighted by Crippen LogP contribution is 2.49. The van der Waals surface area contributed by atoms with Crippen molar-refractivity contribution in [1.82, 2.24) is 15.5 Å². The lowest BCUT2D eigenvalue weighted by Gasteiger charge is -2.42. The standard InChI is InChI=1S/C43H45Cl2N3O5/c1-4-53-43(50)28-22-48(23-28)35-15-12-25-18-27(20-37(52-3)40(25)35)31-8-6-10-33(42(31)45)32-9-5-7-30(41(32)44)26-17-24-11-14-34(39(24)36(19-26)51-2)46-21-29-13-16-38(49)47-29/h5-10,17-20,28-29,34-35,46H,4,11-16,21-23H2,1-3H3,(H,47,49)/t29-,34-,35+/m0/s1. The molecule has 4 aromatic rings. The molecular formula is C43H45Cl2N3O5. The summed E-state index contributed by atoms with van der Waals surface area (Å²) in [6.45, 7) is 4.42. The maximum Gasteiger partial charge on any atom is 0.311 e. The van der Waals surface area contributed by atoms with Gasteiger partial charge in [-0.3, -0.25) is 14.5 Å². The number of halogens is 2. The van der Waals surface area contributed by atoms with Crippen molar-refractivity contribution in [2.45, 2.75) is 63.6 Å². The predicted octanol–water partition coefficient (Wildman–Crippen LogP) is 8.35. The molecule has 4 aliphatic rings. The molecular weight excluding hydrogens is 709 g/mol. The second kappa shape index (κ2) is 15.0. The van der Waals surface area contributed by atoms with E-state index >= 15 is 0 Å². The van der Waals surface area contributed by atoms with Crippen molar-refractivity contribution < 1.29 is 23.8 Å². The Morgan fingerprint density at radius 3 is 1.98 bits per heavy atom. The zero-order valence-corrected chi connectivity index (χ0v) is 31.9. The first-order valence-corrected chi connectivity index (χ1v) is 19.5. The summed E-state index contributed by atoms with van der Waals surface area (Å²) in [5.74, 6) is 1.64. The first-order valence-electron chi connectivity index (χ1n) is 18.7. The molecule has 0 spiro atoms. The molecule has 0 unspecified atom stereocenters. The SMILES string of the molecule is CCOC(=O)C1CN([C@@H]2CCc3cc(-c4cccc(-c5cccc(-c6cc7c(c(OC)c6)[C@@H](NC[C@@H]6CCC(=O)N6)CC7)c5Cl)c4Cl)cc(OC)c32)C1. The quantitative estimate of drug-likeness (QED) is 0.149. The number of hydrogen-bond donors (Lipinski definition) is 2. The topological polar surface area (TPSA) is 89.1 Å². The second-order valence-corrected chi connectivity index (χ2v) is 15.4. The number of carbonyl (C=O) groups excluding carboxylic acids is 2. The Morgan fingerprint density at radius 2 is 1.40 bits per heavy atom. The number of rotatable bonds is 11. The van der Waals surface area contributed by atoms with E-state index in [1.165, 1.54) is 22.3 Å². The van der Waals surface area contributed by atoms with Gasteiger partial charge in [-0.1, -0.05) is 71.7 Å². The van der Waals surface area contributed by atoms with E-state index in [4.69, 9.17) is 37.4 Å². The highest BCUT2D eigenvalue weighted by Gasteiger charge is 2.41. The van der Waals surface area contributed by atoms with E-state index in [0.717, 1.165) is 83.5 Å². The van der Waals surface area contributed by atoms with Gasteiger partial charge in [-0.05, 0) is 73.4 Å². The maximum atomic E-state index is 12.3. The molecule has 1 amide bonds. The number of carbonyl (C=O) groups is 2. The van der Waals surface area contributed by atoms with E-state index in [9.17, 15) is 9.59 Å². The van der Waals surface area contributed by atoms with Crippen LogP contribution in [0.2, 0.25) is 10.0 Å². The lowest BCUT2D eigenvalue weighted by Crippen LogP contribution is -2.51. The number of nitrogens with one attached hydrogen (secondary N) is 2. The third-order valence-electron chi connectivity index (χ3n) is 11.5. The van der Waals surface area contributed by atoms with Crippen LogP contribution in [0.25, 0.3) is 33.4 Å². The lowest BCUT2D eigenvalue weighted by atomic mass is 9.92. The van der Waals surface area contributed by atoms with E-state index in [-0.39, 0.29) is 35.9 Å². The summed E-state index contributed by atoms with van der Waals surface area (Å²) >= 11 is 14.6. The maximum absolute atomic E-state index is 12.3.